The molecule has 0 atom stereocenters. The number of hydrogen-bond acceptors (Lipinski definition) is 6. The molecule has 0 bridgehead atoms. The van der Waals surface area contributed by atoms with Gasteiger partial charge in [0.05, 0.1) is 18.2 Å². The maximum atomic E-state index is 11.2. The van der Waals surface area contributed by atoms with Crippen LogP contribution in [0.1, 0.15) is 0 Å². The number of imidazole rings is 1. The van der Waals surface area contributed by atoms with Crippen LogP contribution >= 0.6 is 19.2 Å². The normalized spacial score (nSPS) is 11.8. The predicted octanol–water partition coefficient (Wildman–Crippen LogP) is 0.944. The van der Waals surface area contributed by atoms with Crippen LogP contribution in [0.5, 0.6) is 5.75 Å². The molecule has 2 heterocycles. The second-order valence-electron chi connectivity index (χ2n) is 4.87. The molecule has 0 amide bonds. The summed E-state index contributed by atoms with van der Waals surface area (Å²) in [4.78, 5) is 30.4. The lowest BCUT2D eigenvalue weighted by molar-refractivity contribution is 0.300. The van der Waals surface area contributed by atoms with E-state index in [9.17, 15) is 4.57 Å². The second kappa shape index (κ2) is 6.37. The third-order valence-electron chi connectivity index (χ3n) is 3.19. The zero-order valence-electron chi connectivity index (χ0n) is 12.2. The van der Waals surface area contributed by atoms with Gasteiger partial charge < -0.3 is 24.8 Å². The SMILES string of the molecule is Nc1nc(Cl)c2ncn(CCOc3cccc(P(=O)(O)O)c3)c2n1. The summed E-state index contributed by atoms with van der Waals surface area (Å²) >= 11 is 5.95. The van der Waals surface area contributed by atoms with Crippen molar-refractivity contribution in [1.82, 2.24) is 19.5 Å². The van der Waals surface area contributed by atoms with Crippen LogP contribution in [0.2, 0.25) is 5.15 Å². The Labute approximate surface area is 141 Å². The molecule has 0 radical (unpaired) electrons. The predicted molar refractivity (Wildman–Crippen MR) is 88.4 cm³/mol. The van der Waals surface area contributed by atoms with Crippen molar-refractivity contribution in [2.45, 2.75) is 6.54 Å². The Hall–Kier alpha value is -2.19. The van der Waals surface area contributed by atoms with Gasteiger partial charge in [-0.05, 0) is 18.2 Å². The molecule has 9 nitrogen and oxygen atoms in total. The first-order valence-corrected chi connectivity index (χ1v) is 8.76. The van der Waals surface area contributed by atoms with E-state index in [4.69, 9.17) is 31.9 Å². The number of aromatic nitrogens is 4. The van der Waals surface area contributed by atoms with E-state index >= 15 is 0 Å². The van der Waals surface area contributed by atoms with E-state index in [0.29, 0.717) is 23.5 Å². The first-order chi connectivity index (χ1) is 11.3. The maximum Gasteiger partial charge on any atom is 0.356 e. The van der Waals surface area contributed by atoms with E-state index in [2.05, 4.69) is 15.0 Å². The molecular weight excluding hydrogens is 357 g/mol. The third kappa shape index (κ3) is 3.49. The van der Waals surface area contributed by atoms with Gasteiger partial charge in [0, 0.05) is 0 Å². The Kier molecular flexibility index (Phi) is 4.42. The smallest absolute Gasteiger partial charge is 0.356 e. The van der Waals surface area contributed by atoms with Gasteiger partial charge in [-0.3, -0.25) is 4.57 Å². The van der Waals surface area contributed by atoms with E-state index < -0.39 is 7.60 Å². The summed E-state index contributed by atoms with van der Waals surface area (Å²) in [6.45, 7) is 0.626. The molecule has 126 valence electrons. The van der Waals surface area contributed by atoms with Crippen LogP contribution in [0.4, 0.5) is 5.95 Å². The van der Waals surface area contributed by atoms with E-state index in [1.54, 1.807) is 17.0 Å². The Bertz CT molecular complexity index is 941. The lowest BCUT2D eigenvalue weighted by Crippen LogP contribution is -2.10. The first kappa shape index (κ1) is 16.7. The molecule has 0 spiro atoms. The number of halogens is 1. The zero-order valence-corrected chi connectivity index (χ0v) is 13.9. The molecule has 0 fully saturated rings. The summed E-state index contributed by atoms with van der Waals surface area (Å²) in [7, 11) is -4.31. The molecule has 0 saturated heterocycles. The highest BCUT2D eigenvalue weighted by molar-refractivity contribution is 7.60. The lowest BCUT2D eigenvalue weighted by atomic mass is 10.3. The van der Waals surface area contributed by atoms with E-state index in [1.165, 1.54) is 18.2 Å². The van der Waals surface area contributed by atoms with Crippen molar-refractivity contribution in [3.63, 3.8) is 0 Å². The molecule has 0 saturated carbocycles. The molecule has 3 rings (SSSR count). The molecule has 2 aromatic heterocycles. The molecular formula is C13H13ClN5O4P. The van der Waals surface area contributed by atoms with Crippen molar-refractivity contribution in [3.8, 4) is 5.75 Å². The number of hydrogen-bond donors (Lipinski definition) is 3. The minimum atomic E-state index is -4.31. The lowest BCUT2D eigenvalue weighted by Gasteiger charge is -2.09. The highest BCUT2D eigenvalue weighted by atomic mass is 35.5. The van der Waals surface area contributed by atoms with Gasteiger partial charge in [-0.15, -0.1) is 0 Å². The summed E-state index contributed by atoms with van der Waals surface area (Å²) in [5.41, 5.74) is 6.50. The Morgan fingerprint density at radius 3 is 2.88 bits per heavy atom. The summed E-state index contributed by atoms with van der Waals surface area (Å²) in [5.74, 6) is 0.400. The number of nitrogens with zero attached hydrogens (tertiary/aromatic N) is 4. The highest BCUT2D eigenvalue weighted by Gasteiger charge is 2.17. The van der Waals surface area contributed by atoms with E-state index in [0.717, 1.165) is 0 Å². The van der Waals surface area contributed by atoms with Crippen molar-refractivity contribution in [1.29, 1.82) is 0 Å². The van der Waals surface area contributed by atoms with Gasteiger partial charge in [-0.1, -0.05) is 17.7 Å². The molecule has 11 heteroatoms. The van der Waals surface area contributed by atoms with Crippen LogP contribution in [0.15, 0.2) is 30.6 Å². The van der Waals surface area contributed by atoms with Gasteiger partial charge >= 0.3 is 7.60 Å². The van der Waals surface area contributed by atoms with Crippen molar-refractivity contribution in [2.24, 2.45) is 0 Å². The fraction of sp³-hybridized carbons (Fsp3) is 0.154. The van der Waals surface area contributed by atoms with Crippen molar-refractivity contribution in [2.75, 3.05) is 12.3 Å². The van der Waals surface area contributed by atoms with E-state index in [-0.39, 0.29) is 23.0 Å². The van der Waals surface area contributed by atoms with Gasteiger partial charge in [-0.25, -0.2) is 4.98 Å². The third-order valence-corrected chi connectivity index (χ3v) is 4.41. The molecule has 0 aliphatic carbocycles. The van der Waals surface area contributed by atoms with Crippen molar-refractivity contribution >= 4 is 41.6 Å². The van der Waals surface area contributed by atoms with Crippen LogP contribution in [-0.2, 0) is 11.1 Å². The largest absolute Gasteiger partial charge is 0.492 e. The van der Waals surface area contributed by atoms with Crippen LogP contribution in [-0.4, -0.2) is 35.9 Å². The van der Waals surface area contributed by atoms with Crippen LogP contribution in [0.25, 0.3) is 11.2 Å². The summed E-state index contributed by atoms with van der Waals surface area (Å²) in [5, 5.41) is 0.0758. The van der Waals surface area contributed by atoms with Crippen molar-refractivity contribution in [3.05, 3.63) is 35.7 Å². The number of fused-ring (bicyclic) bond motifs is 1. The Morgan fingerprint density at radius 2 is 2.12 bits per heavy atom. The average Bonchev–Trinajstić information content (AvgIpc) is 2.90. The topological polar surface area (TPSA) is 136 Å². The molecule has 4 N–H and O–H groups in total. The number of rotatable bonds is 5. The molecule has 0 unspecified atom stereocenters. The maximum absolute atomic E-state index is 11.2. The Morgan fingerprint density at radius 1 is 1.33 bits per heavy atom. The highest BCUT2D eigenvalue weighted by Crippen LogP contribution is 2.34. The van der Waals surface area contributed by atoms with Crippen molar-refractivity contribution < 1.29 is 19.1 Å². The number of nitrogen functional groups attached to an aromatic ring is 1. The minimum Gasteiger partial charge on any atom is -0.492 e. The number of nitrogens with two attached hydrogens (primary N) is 1. The van der Waals surface area contributed by atoms with Gasteiger partial charge in [-0.2, -0.15) is 9.97 Å². The quantitative estimate of drug-likeness (QED) is 0.446. The van der Waals surface area contributed by atoms with Crippen LogP contribution < -0.4 is 15.8 Å². The van der Waals surface area contributed by atoms with Gasteiger partial charge in [0.2, 0.25) is 5.95 Å². The standard InChI is InChI=1S/C13H13ClN5O4P/c14-11-10-12(18-13(15)17-11)19(7-16-10)4-5-23-8-2-1-3-9(6-8)24(20,21)22/h1-3,6-7H,4-5H2,(H2,15,17,18)(H2,20,21,22). The molecule has 0 aliphatic rings. The Balaban J connectivity index is 1.72. The monoisotopic (exact) mass is 369 g/mol. The van der Waals surface area contributed by atoms with Gasteiger partial charge in [0.15, 0.2) is 10.8 Å². The summed E-state index contributed by atoms with van der Waals surface area (Å²) < 4.78 is 18.5. The average molecular weight is 370 g/mol. The number of anilines is 1. The molecule has 24 heavy (non-hydrogen) atoms. The minimum absolute atomic E-state index is 0.0458. The fourth-order valence-electron chi connectivity index (χ4n) is 2.11. The number of benzene rings is 1. The van der Waals surface area contributed by atoms with Crippen LogP contribution in [0.3, 0.4) is 0 Å². The summed E-state index contributed by atoms with van der Waals surface area (Å²) in [6.07, 6.45) is 1.54. The van der Waals surface area contributed by atoms with E-state index in [1.807, 2.05) is 0 Å². The van der Waals surface area contributed by atoms with Gasteiger partial charge in [0.1, 0.15) is 17.9 Å². The fourth-order valence-corrected chi connectivity index (χ4v) is 2.90. The zero-order chi connectivity index (χ0) is 17.3. The second-order valence-corrected chi connectivity index (χ2v) is 6.84. The molecule has 3 aromatic rings. The van der Waals surface area contributed by atoms with Gasteiger partial charge in [0.25, 0.3) is 0 Å². The molecule has 1 aromatic carbocycles. The summed E-state index contributed by atoms with van der Waals surface area (Å²) in [6, 6.07) is 5.79. The number of ether oxygens (including phenoxy) is 1. The van der Waals surface area contributed by atoms with Crippen LogP contribution in [0, 0.1) is 0 Å². The molecule has 0 aliphatic heterocycles. The first-order valence-electron chi connectivity index (χ1n) is 6.77.